The van der Waals surface area contributed by atoms with Crippen molar-refractivity contribution in [3.63, 3.8) is 0 Å². The average Bonchev–Trinajstić information content (AvgIpc) is 3.02. The van der Waals surface area contributed by atoms with Gasteiger partial charge in [-0.1, -0.05) is 48.9 Å². The molecular formula is C26H32N2O2. The molecule has 2 N–H and O–H groups in total. The van der Waals surface area contributed by atoms with Gasteiger partial charge >= 0.3 is 5.97 Å². The lowest BCUT2D eigenvalue weighted by atomic mass is 9.87. The summed E-state index contributed by atoms with van der Waals surface area (Å²) in [5.74, 6) is -0.0536. The summed E-state index contributed by atoms with van der Waals surface area (Å²) < 4.78 is 1.98. The second kappa shape index (κ2) is 8.65. The van der Waals surface area contributed by atoms with E-state index >= 15 is 0 Å². The van der Waals surface area contributed by atoms with Crippen molar-refractivity contribution >= 4 is 16.9 Å². The number of aromatic carboxylic acids is 1. The lowest BCUT2D eigenvalue weighted by molar-refractivity contribution is 0.0684. The van der Waals surface area contributed by atoms with E-state index in [0.29, 0.717) is 24.8 Å². The van der Waals surface area contributed by atoms with Crippen LogP contribution in [0.4, 0.5) is 0 Å². The number of nitrogens with zero attached hydrogens (tertiary/aromatic N) is 1. The summed E-state index contributed by atoms with van der Waals surface area (Å²) in [6.45, 7) is 7.60. The van der Waals surface area contributed by atoms with Crippen LogP contribution in [-0.4, -0.2) is 21.7 Å². The van der Waals surface area contributed by atoms with E-state index in [0.717, 1.165) is 33.5 Å². The monoisotopic (exact) mass is 404 g/mol. The first-order valence-corrected chi connectivity index (χ1v) is 11.1. The Morgan fingerprint density at radius 3 is 2.37 bits per heavy atom. The van der Waals surface area contributed by atoms with E-state index in [1.165, 1.54) is 31.2 Å². The summed E-state index contributed by atoms with van der Waals surface area (Å²) in [5.41, 5.74) is 5.78. The van der Waals surface area contributed by atoms with Crippen molar-refractivity contribution < 1.29 is 9.90 Å². The molecule has 158 valence electrons. The Kier molecular flexibility index (Phi) is 5.96. The maximum Gasteiger partial charge on any atom is 0.352 e. The second-order valence-electron chi connectivity index (χ2n) is 9.06. The van der Waals surface area contributed by atoms with E-state index in [1.807, 2.05) is 4.57 Å². The first kappa shape index (κ1) is 20.7. The molecule has 0 unspecified atom stereocenters. The van der Waals surface area contributed by atoms with Crippen molar-refractivity contribution in [3.05, 3.63) is 70.4 Å². The molecule has 1 aliphatic carbocycles. The molecule has 0 atom stereocenters. The number of aryl methyl sites for hydroxylation is 2. The third-order valence-electron chi connectivity index (χ3n) is 6.57. The van der Waals surface area contributed by atoms with Crippen LogP contribution in [0.3, 0.4) is 0 Å². The number of carboxylic acid groups (broad SMARTS) is 1. The first-order valence-electron chi connectivity index (χ1n) is 11.1. The van der Waals surface area contributed by atoms with Gasteiger partial charge < -0.3 is 15.0 Å². The standard InChI is InChI=1S/C26H32N2O2/c1-17-4-9-20(10-5-17)16-28-24-14-19(3)8-13-22(24)23(25(28)26(29)30)15-27-21-11-6-18(2)7-12-21/h4-5,8-10,13-14,18,21,27H,6-7,11-12,15-16H2,1-3H3,(H,29,30). The highest BCUT2D eigenvalue weighted by Crippen LogP contribution is 2.30. The van der Waals surface area contributed by atoms with Crippen LogP contribution in [0.1, 0.15) is 65.3 Å². The maximum atomic E-state index is 12.4. The van der Waals surface area contributed by atoms with Gasteiger partial charge in [-0.25, -0.2) is 4.79 Å². The zero-order valence-electron chi connectivity index (χ0n) is 18.2. The highest BCUT2D eigenvalue weighted by Gasteiger charge is 2.24. The fourth-order valence-corrected chi connectivity index (χ4v) is 4.71. The average molecular weight is 405 g/mol. The summed E-state index contributed by atoms with van der Waals surface area (Å²) in [7, 11) is 0. The van der Waals surface area contributed by atoms with Gasteiger partial charge in [0.1, 0.15) is 5.69 Å². The third-order valence-corrected chi connectivity index (χ3v) is 6.57. The molecular weight excluding hydrogens is 372 g/mol. The lowest BCUT2D eigenvalue weighted by Crippen LogP contribution is -2.32. The molecule has 4 rings (SSSR count). The van der Waals surface area contributed by atoms with Gasteiger partial charge in [0.25, 0.3) is 0 Å². The van der Waals surface area contributed by atoms with Crippen molar-refractivity contribution in [1.82, 2.24) is 9.88 Å². The topological polar surface area (TPSA) is 54.3 Å². The molecule has 0 saturated heterocycles. The SMILES string of the molecule is Cc1ccc(Cn2c(C(=O)O)c(CNC3CCC(C)CC3)c3ccc(C)cc32)cc1. The van der Waals surface area contributed by atoms with Crippen LogP contribution < -0.4 is 5.32 Å². The third kappa shape index (κ3) is 4.29. The summed E-state index contributed by atoms with van der Waals surface area (Å²) >= 11 is 0. The number of hydrogen-bond donors (Lipinski definition) is 2. The molecule has 0 spiro atoms. The highest BCUT2D eigenvalue weighted by atomic mass is 16.4. The number of benzene rings is 2. The lowest BCUT2D eigenvalue weighted by Gasteiger charge is -2.27. The molecule has 0 amide bonds. The Balaban J connectivity index is 1.72. The Labute approximate surface area is 178 Å². The van der Waals surface area contributed by atoms with Crippen molar-refractivity contribution in [2.75, 3.05) is 0 Å². The zero-order valence-corrected chi connectivity index (χ0v) is 18.2. The number of carboxylic acids is 1. The van der Waals surface area contributed by atoms with Gasteiger partial charge in [-0.05, 0) is 62.6 Å². The zero-order chi connectivity index (χ0) is 21.3. The van der Waals surface area contributed by atoms with Crippen LogP contribution in [0.25, 0.3) is 10.9 Å². The molecule has 1 saturated carbocycles. The molecule has 3 aromatic rings. The number of fused-ring (bicyclic) bond motifs is 1. The Morgan fingerprint density at radius 1 is 1.03 bits per heavy atom. The Morgan fingerprint density at radius 2 is 1.70 bits per heavy atom. The molecule has 1 heterocycles. The van der Waals surface area contributed by atoms with Gasteiger partial charge in [-0.15, -0.1) is 0 Å². The van der Waals surface area contributed by atoms with Crippen LogP contribution in [0.5, 0.6) is 0 Å². The van der Waals surface area contributed by atoms with E-state index in [9.17, 15) is 9.90 Å². The van der Waals surface area contributed by atoms with Crippen LogP contribution in [0.15, 0.2) is 42.5 Å². The minimum atomic E-state index is -0.856. The van der Waals surface area contributed by atoms with Gasteiger partial charge in [-0.3, -0.25) is 0 Å². The van der Waals surface area contributed by atoms with E-state index in [2.05, 4.69) is 68.6 Å². The largest absolute Gasteiger partial charge is 0.477 e. The van der Waals surface area contributed by atoms with Gasteiger partial charge in [0, 0.05) is 35.6 Å². The van der Waals surface area contributed by atoms with Crippen LogP contribution in [0.2, 0.25) is 0 Å². The predicted octanol–water partition coefficient (Wildman–Crippen LogP) is 5.67. The number of nitrogens with one attached hydrogen (secondary N) is 1. The van der Waals surface area contributed by atoms with E-state index in [-0.39, 0.29) is 0 Å². The van der Waals surface area contributed by atoms with Crippen LogP contribution in [0, 0.1) is 19.8 Å². The molecule has 4 heteroatoms. The van der Waals surface area contributed by atoms with Crippen LogP contribution >= 0.6 is 0 Å². The highest BCUT2D eigenvalue weighted by molar-refractivity contribution is 5.98. The molecule has 0 radical (unpaired) electrons. The van der Waals surface area contributed by atoms with Gasteiger partial charge in [0.05, 0.1) is 0 Å². The van der Waals surface area contributed by atoms with Crippen molar-refractivity contribution in [1.29, 1.82) is 0 Å². The fraction of sp³-hybridized carbons (Fsp3) is 0.423. The van der Waals surface area contributed by atoms with Gasteiger partial charge in [-0.2, -0.15) is 0 Å². The van der Waals surface area contributed by atoms with E-state index in [1.54, 1.807) is 0 Å². The Hall–Kier alpha value is -2.59. The van der Waals surface area contributed by atoms with Gasteiger partial charge in [0.2, 0.25) is 0 Å². The number of rotatable bonds is 6. The van der Waals surface area contributed by atoms with Crippen molar-refractivity contribution in [3.8, 4) is 0 Å². The summed E-state index contributed by atoms with van der Waals surface area (Å²) in [6.07, 6.45) is 4.84. The smallest absolute Gasteiger partial charge is 0.352 e. The summed E-state index contributed by atoms with van der Waals surface area (Å²) in [4.78, 5) is 12.4. The van der Waals surface area contributed by atoms with Crippen LogP contribution in [-0.2, 0) is 13.1 Å². The number of carbonyl (C=O) groups is 1. The predicted molar refractivity (Wildman–Crippen MR) is 122 cm³/mol. The molecule has 0 aliphatic heterocycles. The molecule has 30 heavy (non-hydrogen) atoms. The maximum absolute atomic E-state index is 12.4. The quantitative estimate of drug-likeness (QED) is 0.556. The minimum absolute atomic E-state index is 0.410. The summed E-state index contributed by atoms with van der Waals surface area (Å²) in [5, 5.41) is 14.9. The molecule has 1 fully saturated rings. The Bertz CT molecular complexity index is 1040. The first-order chi connectivity index (χ1) is 14.4. The van der Waals surface area contributed by atoms with E-state index < -0.39 is 5.97 Å². The molecule has 2 aromatic carbocycles. The second-order valence-corrected chi connectivity index (χ2v) is 9.06. The minimum Gasteiger partial charge on any atom is -0.477 e. The number of aromatic nitrogens is 1. The van der Waals surface area contributed by atoms with E-state index in [4.69, 9.17) is 0 Å². The van der Waals surface area contributed by atoms with Crippen molar-refractivity contribution in [2.45, 2.75) is 65.6 Å². The normalized spacial score (nSPS) is 19.3. The fourth-order valence-electron chi connectivity index (χ4n) is 4.71. The van der Waals surface area contributed by atoms with Crippen molar-refractivity contribution in [2.24, 2.45) is 5.92 Å². The molecule has 0 bridgehead atoms. The molecule has 1 aliphatic rings. The number of hydrogen-bond acceptors (Lipinski definition) is 2. The van der Waals surface area contributed by atoms with Gasteiger partial charge in [0.15, 0.2) is 0 Å². The summed E-state index contributed by atoms with van der Waals surface area (Å²) in [6, 6.07) is 15.1. The molecule has 1 aromatic heterocycles. The molecule has 4 nitrogen and oxygen atoms in total.